The Bertz CT molecular complexity index is 1010. The van der Waals surface area contributed by atoms with Crippen LogP contribution in [0, 0.1) is 9.58 Å². The van der Waals surface area contributed by atoms with E-state index in [-0.39, 0.29) is 5.82 Å². The summed E-state index contributed by atoms with van der Waals surface area (Å²) >= 11 is 2.15. The number of hydrogen-bond donors (Lipinski definition) is 1. The smallest absolute Gasteiger partial charge is 0.227 e. The highest BCUT2D eigenvalue weighted by molar-refractivity contribution is 14.1. The van der Waals surface area contributed by atoms with Crippen LogP contribution in [-0.2, 0) is 0 Å². The van der Waals surface area contributed by atoms with E-state index in [2.05, 4.69) is 37.9 Å². The summed E-state index contributed by atoms with van der Waals surface area (Å²) in [7, 11) is 0. The molecular formula is C18H11FIN3O. The van der Waals surface area contributed by atoms with Crippen LogP contribution in [0.2, 0.25) is 0 Å². The lowest BCUT2D eigenvalue weighted by Gasteiger charge is -2.07. The summed E-state index contributed by atoms with van der Waals surface area (Å²) in [5.41, 5.74) is 3.18. The molecular weight excluding hydrogens is 420 g/mol. The molecule has 24 heavy (non-hydrogen) atoms. The molecule has 118 valence electrons. The van der Waals surface area contributed by atoms with Crippen LogP contribution >= 0.6 is 22.6 Å². The maximum Gasteiger partial charge on any atom is 0.227 e. The van der Waals surface area contributed by atoms with Crippen LogP contribution in [0.5, 0.6) is 0 Å². The minimum absolute atomic E-state index is 0.283. The number of hydrogen-bond acceptors (Lipinski definition) is 4. The fourth-order valence-corrected chi connectivity index (χ4v) is 3.02. The van der Waals surface area contributed by atoms with E-state index in [1.54, 1.807) is 18.3 Å². The maximum absolute atomic E-state index is 13.0. The molecule has 0 aliphatic heterocycles. The predicted octanol–water partition coefficient (Wildman–Crippen LogP) is 5.38. The van der Waals surface area contributed by atoms with Gasteiger partial charge in [-0.15, -0.1) is 0 Å². The van der Waals surface area contributed by atoms with Crippen LogP contribution < -0.4 is 5.32 Å². The van der Waals surface area contributed by atoms with Gasteiger partial charge in [-0.2, -0.15) is 0 Å². The summed E-state index contributed by atoms with van der Waals surface area (Å²) in [4.78, 5) is 8.76. The first-order chi connectivity index (χ1) is 11.7. The van der Waals surface area contributed by atoms with E-state index in [0.29, 0.717) is 5.95 Å². The van der Waals surface area contributed by atoms with Crippen molar-refractivity contribution < 1.29 is 8.81 Å². The Morgan fingerprint density at radius 1 is 1.04 bits per heavy atom. The fourth-order valence-electron chi connectivity index (χ4n) is 2.46. The molecule has 2 aromatic heterocycles. The van der Waals surface area contributed by atoms with Gasteiger partial charge in [0.1, 0.15) is 11.4 Å². The number of halogens is 2. The fraction of sp³-hybridized carbons (Fsp3) is 0. The van der Waals surface area contributed by atoms with Crippen molar-refractivity contribution in [3.8, 4) is 11.3 Å². The molecule has 0 atom stereocenters. The number of benzene rings is 2. The molecule has 4 rings (SSSR count). The highest BCUT2D eigenvalue weighted by Crippen LogP contribution is 2.30. The van der Waals surface area contributed by atoms with Crippen LogP contribution in [0.1, 0.15) is 0 Å². The van der Waals surface area contributed by atoms with Gasteiger partial charge < -0.3 is 9.73 Å². The van der Waals surface area contributed by atoms with E-state index in [1.165, 1.54) is 12.1 Å². The van der Waals surface area contributed by atoms with Crippen LogP contribution in [0.4, 0.5) is 16.0 Å². The number of para-hydroxylation sites is 1. The van der Waals surface area contributed by atoms with Gasteiger partial charge >= 0.3 is 0 Å². The Morgan fingerprint density at radius 3 is 2.71 bits per heavy atom. The minimum Gasteiger partial charge on any atom is -0.450 e. The lowest BCUT2D eigenvalue weighted by Crippen LogP contribution is -1.98. The third-order valence-corrected chi connectivity index (χ3v) is 4.08. The average Bonchev–Trinajstić information content (AvgIpc) is 2.97. The highest BCUT2D eigenvalue weighted by atomic mass is 127. The van der Waals surface area contributed by atoms with Gasteiger partial charge in [-0.1, -0.05) is 12.1 Å². The molecule has 0 amide bonds. The average molecular weight is 431 g/mol. The van der Waals surface area contributed by atoms with E-state index in [9.17, 15) is 4.39 Å². The number of nitrogens with one attached hydrogen (secondary N) is 1. The summed E-state index contributed by atoms with van der Waals surface area (Å²) in [5.74, 6) is 0.159. The zero-order valence-corrected chi connectivity index (χ0v) is 14.5. The Balaban J connectivity index is 1.72. The van der Waals surface area contributed by atoms with E-state index in [0.717, 1.165) is 31.7 Å². The summed E-state index contributed by atoms with van der Waals surface area (Å²) < 4.78 is 19.6. The largest absolute Gasteiger partial charge is 0.450 e. The Kier molecular flexibility index (Phi) is 3.89. The Labute approximate surface area is 150 Å². The van der Waals surface area contributed by atoms with E-state index in [4.69, 9.17) is 4.42 Å². The number of nitrogens with zero attached hydrogens (tertiary/aromatic N) is 2. The van der Waals surface area contributed by atoms with Gasteiger partial charge in [-0.3, -0.25) is 0 Å². The molecule has 0 fully saturated rings. The second-order valence-electron chi connectivity index (χ2n) is 5.17. The second kappa shape index (κ2) is 6.20. The second-order valence-corrected chi connectivity index (χ2v) is 6.24. The van der Waals surface area contributed by atoms with E-state index >= 15 is 0 Å². The normalized spacial score (nSPS) is 10.9. The van der Waals surface area contributed by atoms with Crippen LogP contribution in [-0.4, -0.2) is 9.97 Å². The zero-order chi connectivity index (χ0) is 16.5. The number of rotatable bonds is 3. The molecule has 0 saturated heterocycles. The summed E-state index contributed by atoms with van der Waals surface area (Å²) in [6.07, 6.45) is 1.68. The molecule has 0 saturated carbocycles. The Hall–Kier alpha value is -2.48. The number of aromatic nitrogens is 2. The maximum atomic E-state index is 13.0. The molecule has 0 radical (unpaired) electrons. The van der Waals surface area contributed by atoms with Crippen LogP contribution in [0.3, 0.4) is 0 Å². The number of fused-ring (bicyclic) bond motifs is 1. The van der Waals surface area contributed by atoms with Crippen molar-refractivity contribution in [2.45, 2.75) is 0 Å². The molecule has 0 aliphatic carbocycles. The Morgan fingerprint density at radius 2 is 1.88 bits per heavy atom. The predicted molar refractivity (Wildman–Crippen MR) is 99.6 cm³/mol. The third kappa shape index (κ3) is 2.96. The molecule has 1 N–H and O–H groups in total. The first kappa shape index (κ1) is 15.1. The zero-order valence-electron chi connectivity index (χ0n) is 12.3. The quantitative estimate of drug-likeness (QED) is 0.443. The lowest BCUT2D eigenvalue weighted by molar-refractivity contribution is 0.585. The molecule has 2 heterocycles. The summed E-state index contributed by atoms with van der Waals surface area (Å²) in [6, 6.07) is 15.8. The number of anilines is 2. The van der Waals surface area contributed by atoms with Crippen molar-refractivity contribution in [3.05, 3.63) is 70.4 Å². The molecule has 0 unspecified atom stereocenters. The lowest BCUT2D eigenvalue weighted by atomic mass is 10.1. The molecule has 2 aromatic carbocycles. The molecule has 0 spiro atoms. The monoisotopic (exact) mass is 431 g/mol. The first-order valence-electron chi connectivity index (χ1n) is 7.23. The van der Waals surface area contributed by atoms with Gasteiger partial charge in [0.25, 0.3) is 0 Å². The van der Waals surface area contributed by atoms with Crippen molar-refractivity contribution in [2.24, 2.45) is 0 Å². The standard InChI is InChI=1S/C18H11FIN3O/c19-12-4-6-13(7-5-12)22-18-21-9-8-15(23-18)14-3-1-2-11-10-16(20)24-17(11)14/h1-10H,(H,21,22,23). The minimum atomic E-state index is -0.283. The van der Waals surface area contributed by atoms with Crippen molar-refractivity contribution in [1.29, 1.82) is 0 Å². The SMILES string of the molecule is Fc1ccc(Nc2nccc(-c3cccc4cc(I)oc34)n2)cc1. The van der Waals surface area contributed by atoms with Gasteiger partial charge in [0.15, 0.2) is 3.77 Å². The summed E-state index contributed by atoms with van der Waals surface area (Å²) in [6.45, 7) is 0. The first-order valence-corrected chi connectivity index (χ1v) is 8.31. The topological polar surface area (TPSA) is 51.0 Å². The highest BCUT2D eigenvalue weighted by Gasteiger charge is 2.11. The van der Waals surface area contributed by atoms with Gasteiger partial charge in [0.05, 0.1) is 5.69 Å². The van der Waals surface area contributed by atoms with Crippen molar-refractivity contribution in [2.75, 3.05) is 5.32 Å². The van der Waals surface area contributed by atoms with Gasteiger partial charge in [-0.25, -0.2) is 14.4 Å². The van der Waals surface area contributed by atoms with Crippen molar-refractivity contribution in [3.63, 3.8) is 0 Å². The number of furan rings is 1. The molecule has 6 heteroatoms. The molecule has 0 bridgehead atoms. The molecule has 0 aliphatic rings. The van der Waals surface area contributed by atoms with Gasteiger partial charge in [0.2, 0.25) is 5.95 Å². The van der Waals surface area contributed by atoms with Gasteiger partial charge in [0, 0.05) is 22.8 Å². The van der Waals surface area contributed by atoms with Crippen molar-refractivity contribution in [1.82, 2.24) is 9.97 Å². The third-order valence-electron chi connectivity index (χ3n) is 3.55. The molecule has 4 nitrogen and oxygen atoms in total. The molecule has 4 aromatic rings. The van der Waals surface area contributed by atoms with Crippen LogP contribution in [0.25, 0.3) is 22.2 Å². The van der Waals surface area contributed by atoms with Crippen LogP contribution in [0.15, 0.2) is 65.2 Å². The van der Waals surface area contributed by atoms with E-state index in [1.807, 2.05) is 30.3 Å². The van der Waals surface area contributed by atoms with Gasteiger partial charge in [-0.05, 0) is 65.1 Å². The van der Waals surface area contributed by atoms with E-state index < -0.39 is 0 Å². The summed E-state index contributed by atoms with van der Waals surface area (Å²) in [5, 5.41) is 4.10. The van der Waals surface area contributed by atoms with Crippen molar-refractivity contribution >= 4 is 45.2 Å².